The van der Waals surface area contributed by atoms with Gasteiger partial charge >= 0.3 is 0 Å². The molecule has 2 aromatic carbocycles. The smallest absolute Gasteiger partial charge is 0.253 e. The topological polar surface area (TPSA) is 85.9 Å². The normalized spacial score (nSPS) is 15.7. The number of carbonyl (C=O) groups is 2. The molecule has 1 saturated heterocycles. The molecule has 2 N–H and O–H groups in total. The number of ether oxygens (including phenoxy) is 3. The third-order valence-electron chi connectivity index (χ3n) is 4.31. The highest BCUT2D eigenvalue weighted by Gasteiger charge is 2.23. The van der Waals surface area contributed by atoms with Crippen molar-refractivity contribution in [1.82, 2.24) is 5.32 Å². The Bertz CT molecular complexity index is 818. The summed E-state index contributed by atoms with van der Waals surface area (Å²) < 4.78 is 16.1. The number of rotatable bonds is 8. The van der Waals surface area contributed by atoms with E-state index in [-0.39, 0.29) is 11.8 Å². The monoisotopic (exact) mass is 384 g/mol. The lowest BCUT2D eigenvalue weighted by molar-refractivity contribution is -0.124. The van der Waals surface area contributed by atoms with Gasteiger partial charge in [-0.15, -0.1) is 0 Å². The van der Waals surface area contributed by atoms with Gasteiger partial charge in [-0.1, -0.05) is 12.1 Å². The second-order valence-corrected chi connectivity index (χ2v) is 6.36. The first kappa shape index (κ1) is 19.7. The molecule has 7 nitrogen and oxygen atoms in total. The molecule has 1 fully saturated rings. The molecule has 0 spiro atoms. The fourth-order valence-corrected chi connectivity index (χ4v) is 2.87. The number of hydrogen-bond acceptors (Lipinski definition) is 5. The lowest BCUT2D eigenvalue weighted by Crippen LogP contribution is -2.29. The number of amides is 2. The average Bonchev–Trinajstić information content (AvgIpc) is 3.26. The van der Waals surface area contributed by atoms with Crippen LogP contribution in [-0.2, 0) is 9.53 Å². The van der Waals surface area contributed by atoms with Crippen LogP contribution in [0.5, 0.6) is 11.5 Å². The molecule has 0 radical (unpaired) electrons. The molecule has 1 aliphatic rings. The van der Waals surface area contributed by atoms with Gasteiger partial charge in [-0.25, -0.2) is 0 Å². The van der Waals surface area contributed by atoms with Gasteiger partial charge in [0, 0.05) is 23.9 Å². The molecule has 1 atom stereocenters. The minimum Gasteiger partial charge on any atom is -0.497 e. The van der Waals surface area contributed by atoms with E-state index in [1.807, 2.05) is 18.2 Å². The zero-order valence-electron chi connectivity index (χ0n) is 15.8. The van der Waals surface area contributed by atoms with Crippen LogP contribution in [0.1, 0.15) is 23.2 Å². The van der Waals surface area contributed by atoms with Gasteiger partial charge in [-0.05, 0) is 43.2 Å². The van der Waals surface area contributed by atoms with Gasteiger partial charge in [0.2, 0.25) is 0 Å². The molecule has 0 aromatic heterocycles. The first-order valence-corrected chi connectivity index (χ1v) is 9.23. The molecule has 148 valence electrons. The molecule has 7 heteroatoms. The summed E-state index contributed by atoms with van der Waals surface area (Å²) in [6, 6.07) is 14.1. The van der Waals surface area contributed by atoms with Gasteiger partial charge < -0.3 is 24.8 Å². The standard InChI is InChI=1S/C21H24N2O5/c1-26-17-7-3-8-18(14-17)27-12-10-22-20(24)15-5-2-6-16(13-15)23-21(25)19-9-4-11-28-19/h2-3,5-8,13-14,19H,4,9-12H2,1H3,(H,22,24)(H,23,25). The van der Waals surface area contributed by atoms with Crippen molar-refractivity contribution in [2.24, 2.45) is 0 Å². The molecule has 3 rings (SSSR count). The van der Waals surface area contributed by atoms with Gasteiger partial charge in [0.25, 0.3) is 11.8 Å². The Labute approximate surface area is 164 Å². The minimum atomic E-state index is -0.411. The SMILES string of the molecule is COc1cccc(OCCNC(=O)c2cccc(NC(=O)C3CCCO3)c2)c1. The van der Waals surface area contributed by atoms with E-state index < -0.39 is 6.10 Å². The lowest BCUT2D eigenvalue weighted by Gasteiger charge is -2.12. The molecular weight excluding hydrogens is 360 g/mol. The van der Waals surface area contributed by atoms with E-state index >= 15 is 0 Å². The Balaban J connectivity index is 1.46. The zero-order chi connectivity index (χ0) is 19.8. The predicted octanol–water partition coefficient (Wildman–Crippen LogP) is 2.62. The molecule has 0 saturated carbocycles. The number of nitrogens with one attached hydrogen (secondary N) is 2. The first-order chi connectivity index (χ1) is 13.7. The molecule has 1 heterocycles. The van der Waals surface area contributed by atoms with Gasteiger partial charge in [0.15, 0.2) is 0 Å². The summed E-state index contributed by atoms with van der Waals surface area (Å²) in [5, 5.41) is 5.60. The second-order valence-electron chi connectivity index (χ2n) is 6.36. The molecule has 2 amide bonds. The van der Waals surface area contributed by atoms with E-state index in [9.17, 15) is 9.59 Å². The maximum absolute atomic E-state index is 12.3. The van der Waals surface area contributed by atoms with E-state index in [0.717, 1.165) is 12.8 Å². The van der Waals surface area contributed by atoms with Gasteiger partial charge in [-0.3, -0.25) is 9.59 Å². The fraction of sp³-hybridized carbons (Fsp3) is 0.333. The van der Waals surface area contributed by atoms with E-state index in [1.54, 1.807) is 37.4 Å². The third kappa shape index (κ3) is 5.47. The summed E-state index contributed by atoms with van der Waals surface area (Å²) in [4.78, 5) is 24.5. The van der Waals surface area contributed by atoms with Crippen LogP contribution in [0.3, 0.4) is 0 Å². The summed E-state index contributed by atoms with van der Waals surface area (Å²) in [6.07, 6.45) is 1.20. The number of benzene rings is 2. The maximum Gasteiger partial charge on any atom is 0.253 e. The van der Waals surface area contributed by atoms with Crippen LogP contribution in [0.15, 0.2) is 48.5 Å². The van der Waals surface area contributed by atoms with E-state index in [4.69, 9.17) is 14.2 Å². The molecule has 2 aromatic rings. The van der Waals surface area contributed by atoms with Gasteiger partial charge in [0.05, 0.1) is 13.7 Å². The van der Waals surface area contributed by atoms with Crippen LogP contribution in [0.25, 0.3) is 0 Å². The number of methoxy groups -OCH3 is 1. The highest BCUT2D eigenvalue weighted by Crippen LogP contribution is 2.19. The van der Waals surface area contributed by atoms with Crippen LogP contribution in [-0.4, -0.2) is 44.8 Å². The van der Waals surface area contributed by atoms with Gasteiger partial charge in [-0.2, -0.15) is 0 Å². The maximum atomic E-state index is 12.3. The van der Waals surface area contributed by atoms with E-state index in [0.29, 0.717) is 42.5 Å². The predicted molar refractivity (Wildman–Crippen MR) is 105 cm³/mol. The molecule has 0 bridgehead atoms. The van der Waals surface area contributed by atoms with E-state index in [2.05, 4.69) is 10.6 Å². The van der Waals surface area contributed by atoms with Crippen molar-refractivity contribution in [2.75, 3.05) is 32.2 Å². The van der Waals surface area contributed by atoms with Crippen molar-refractivity contribution >= 4 is 17.5 Å². The largest absolute Gasteiger partial charge is 0.497 e. The van der Waals surface area contributed by atoms with Crippen molar-refractivity contribution in [1.29, 1.82) is 0 Å². The molecule has 1 unspecified atom stereocenters. The van der Waals surface area contributed by atoms with Gasteiger partial charge in [0.1, 0.15) is 24.2 Å². The summed E-state index contributed by atoms with van der Waals surface area (Å²) >= 11 is 0. The fourth-order valence-electron chi connectivity index (χ4n) is 2.87. The first-order valence-electron chi connectivity index (χ1n) is 9.23. The van der Waals surface area contributed by atoms with Crippen molar-refractivity contribution in [3.8, 4) is 11.5 Å². The zero-order valence-corrected chi connectivity index (χ0v) is 15.8. The van der Waals surface area contributed by atoms with E-state index in [1.165, 1.54) is 0 Å². The Morgan fingerprint density at radius 3 is 2.75 bits per heavy atom. The van der Waals surface area contributed by atoms with Crippen LogP contribution in [0.2, 0.25) is 0 Å². The Hall–Kier alpha value is -3.06. The highest BCUT2D eigenvalue weighted by atomic mass is 16.5. The minimum absolute atomic E-state index is 0.179. The lowest BCUT2D eigenvalue weighted by atomic mass is 10.1. The molecule has 0 aliphatic carbocycles. The van der Waals surface area contributed by atoms with Crippen LogP contribution in [0, 0.1) is 0 Å². The summed E-state index contributed by atoms with van der Waals surface area (Å²) in [5.74, 6) is 0.972. The molecule has 28 heavy (non-hydrogen) atoms. The van der Waals surface area contributed by atoms with Crippen LogP contribution >= 0.6 is 0 Å². The Morgan fingerprint density at radius 1 is 1.14 bits per heavy atom. The van der Waals surface area contributed by atoms with Crippen LogP contribution in [0.4, 0.5) is 5.69 Å². The van der Waals surface area contributed by atoms with Crippen molar-refractivity contribution in [3.05, 3.63) is 54.1 Å². The van der Waals surface area contributed by atoms with Crippen LogP contribution < -0.4 is 20.1 Å². The number of anilines is 1. The average molecular weight is 384 g/mol. The van der Waals surface area contributed by atoms with Crippen molar-refractivity contribution in [3.63, 3.8) is 0 Å². The Morgan fingerprint density at radius 2 is 1.96 bits per heavy atom. The summed E-state index contributed by atoms with van der Waals surface area (Å²) in [5.41, 5.74) is 1.03. The van der Waals surface area contributed by atoms with Crippen molar-refractivity contribution in [2.45, 2.75) is 18.9 Å². The van der Waals surface area contributed by atoms with Crippen molar-refractivity contribution < 1.29 is 23.8 Å². The second kappa shape index (κ2) is 9.75. The number of carbonyl (C=O) groups excluding carboxylic acids is 2. The third-order valence-corrected chi connectivity index (χ3v) is 4.31. The quantitative estimate of drug-likeness (QED) is 0.684. The Kier molecular flexibility index (Phi) is 6.86. The number of hydrogen-bond donors (Lipinski definition) is 2. The summed E-state index contributed by atoms with van der Waals surface area (Å²) in [6.45, 7) is 1.29. The summed E-state index contributed by atoms with van der Waals surface area (Å²) in [7, 11) is 1.59. The highest BCUT2D eigenvalue weighted by molar-refractivity contribution is 5.98. The molecular formula is C21H24N2O5. The molecule has 1 aliphatic heterocycles.